The summed E-state index contributed by atoms with van der Waals surface area (Å²) in [5.41, 5.74) is 2.37. The van der Waals surface area contributed by atoms with Crippen molar-refractivity contribution in [3.8, 4) is 0 Å². The fourth-order valence-corrected chi connectivity index (χ4v) is 3.76. The lowest BCUT2D eigenvalue weighted by Gasteiger charge is -2.03. The first-order valence-corrected chi connectivity index (χ1v) is 9.64. The van der Waals surface area contributed by atoms with Gasteiger partial charge in [-0.15, -0.1) is 10.2 Å². The highest BCUT2D eigenvalue weighted by Gasteiger charge is 2.11. The van der Waals surface area contributed by atoms with Crippen molar-refractivity contribution < 1.29 is 9.72 Å². The van der Waals surface area contributed by atoms with Crippen LogP contribution in [0.15, 0.2) is 52.9 Å². The van der Waals surface area contributed by atoms with Gasteiger partial charge in [-0.3, -0.25) is 14.9 Å². The number of benzene rings is 2. The molecule has 0 fully saturated rings. The van der Waals surface area contributed by atoms with Crippen LogP contribution in [0.5, 0.6) is 0 Å². The first-order chi connectivity index (χ1) is 13.0. The number of amides is 1. The number of aromatic nitrogens is 2. The molecule has 8 nitrogen and oxygen atoms in total. The normalized spacial score (nSPS) is 10.4. The van der Waals surface area contributed by atoms with Gasteiger partial charge >= 0.3 is 0 Å². The minimum atomic E-state index is -0.506. The Bertz CT molecular complexity index is 976. The van der Waals surface area contributed by atoms with E-state index in [1.807, 2.05) is 31.2 Å². The molecule has 0 aliphatic rings. The molecule has 0 aliphatic heterocycles. The van der Waals surface area contributed by atoms with E-state index < -0.39 is 4.92 Å². The SMILES string of the molecule is Cc1cccc(Nc2nnc(SCC(=O)Nc3cccc([N+](=O)[O-])c3)s2)c1. The summed E-state index contributed by atoms with van der Waals surface area (Å²) in [6.45, 7) is 2.01. The predicted octanol–water partition coefficient (Wildman–Crippen LogP) is 4.23. The van der Waals surface area contributed by atoms with Crippen LogP contribution in [-0.4, -0.2) is 26.8 Å². The van der Waals surface area contributed by atoms with E-state index in [9.17, 15) is 14.9 Å². The minimum absolute atomic E-state index is 0.0727. The first kappa shape index (κ1) is 18.8. The van der Waals surface area contributed by atoms with Crippen LogP contribution in [0.2, 0.25) is 0 Å². The Balaban J connectivity index is 1.53. The van der Waals surface area contributed by atoms with Crippen molar-refractivity contribution in [3.05, 3.63) is 64.2 Å². The van der Waals surface area contributed by atoms with E-state index in [0.717, 1.165) is 11.3 Å². The second kappa shape index (κ2) is 8.60. The minimum Gasteiger partial charge on any atom is -0.330 e. The summed E-state index contributed by atoms with van der Waals surface area (Å²) in [7, 11) is 0. The Morgan fingerprint density at radius 1 is 1.19 bits per heavy atom. The van der Waals surface area contributed by atoms with E-state index >= 15 is 0 Å². The van der Waals surface area contributed by atoms with E-state index in [1.54, 1.807) is 6.07 Å². The molecule has 1 amide bonds. The van der Waals surface area contributed by atoms with Crippen LogP contribution in [0.4, 0.5) is 22.2 Å². The number of nitrogens with zero attached hydrogens (tertiary/aromatic N) is 3. The van der Waals surface area contributed by atoms with Crippen molar-refractivity contribution in [2.24, 2.45) is 0 Å². The van der Waals surface area contributed by atoms with Crippen LogP contribution in [0.1, 0.15) is 5.56 Å². The first-order valence-electron chi connectivity index (χ1n) is 7.84. The summed E-state index contributed by atoms with van der Waals surface area (Å²) >= 11 is 2.60. The number of nitro benzene ring substituents is 1. The van der Waals surface area contributed by atoms with Crippen LogP contribution in [0.25, 0.3) is 0 Å². The summed E-state index contributed by atoms with van der Waals surface area (Å²) in [5, 5.41) is 25.3. The molecular weight excluding hydrogens is 386 g/mol. The van der Waals surface area contributed by atoms with Gasteiger partial charge in [0.2, 0.25) is 11.0 Å². The monoisotopic (exact) mass is 401 g/mol. The smallest absolute Gasteiger partial charge is 0.271 e. The number of hydrogen-bond acceptors (Lipinski definition) is 8. The molecule has 0 unspecified atom stereocenters. The largest absolute Gasteiger partial charge is 0.330 e. The molecule has 2 aromatic carbocycles. The Morgan fingerprint density at radius 2 is 1.96 bits per heavy atom. The summed E-state index contributed by atoms with van der Waals surface area (Å²) in [5.74, 6) is -0.147. The summed E-state index contributed by atoms with van der Waals surface area (Å²) in [6, 6.07) is 13.7. The van der Waals surface area contributed by atoms with Gasteiger partial charge in [0.25, 0.3) is 5.69 Å². The Kier molecular flexibility index (Phi) is 5.99. The third-order valence-corrected chi connectivity index (χ3v) is 5.32. The number of nitrogens with one attached hydrogen (secondary N) is 2. The van der Waals surface area contributed by atoms with Crippen LogP contribution in [0, 0.1) is 17.0 Å². The average molecular weight is 401 g/mol. The van der Waals surface area contributed by atoms with E-state index in [2.05, 4.69) is 20.8 Å². The Morgan fingerprint density at radius 3 is 2.74 bits per heavy atom. The van der Waals surface area contributed by atoms with Crippen LogP contribution >= 0.6 is 23.1 Å². The maximum Gasteiger partial charge on any atom is 0.271 e. The Hall–Kier alpha value is -2.98. The zero-order valence-electron chi connectivity index (χ0n) is 14.2. The molecule has 0 atom stereocenters. The standard InChI is InChI=1S/C17H15N5O3S2/c1-11-4-2-5-12(8-11)19-16-20-21-17(27-16)26-10-15(23)18-13-6-3-7-14(9-13)22(24)25/h2-9H,10H2,1H3,(H,18,23)(H,19,20). The second-order valence-corrected chi connectivity index (χ2v) is 7.71. The third kappa shape index (κ3) is 5.50. The van der Waals surface area contributed by atoms with Gasteiger partial charge in [0, 0.05) is 23.5 Å². The molecule has 1 aromatic heterocycles. The lowest BCUT2D eigenvalue weighted by Crippen LogP contribution is -2.14. The van der Waals surface area contributed by atoms with Crippen molar-refractivity contribution >= 4 is 51.2 Å². The molecule has 3 rings (SSSR count). The highest BCUT2D eigenvalue weighted by Crippen LogP contribution is 2.28. The summed E-state index contributed by atoms with van der Waals surface area (Å²) in [4.78, 5) is 22.3. The van der Waals surface area contributed by atoms with Crippen LogP contribution in [0.3, 0.4) is 0 Å². The van der Waals surface area contributed by atoms with Gasteiger partial charge in [0.05, 0.1) is 10.7 Å². The van der Waals surface area contributed by atoms with Crippen molar-refractivity contribution in [3.63, 3.8) is 0 Å². The number of nitro groups is 1. The number of hydrogen-bond donors (Lipinski definition) is 2. The number of carbonyl (C=O) groups excluding carboxylic acids is 1. The van der Waals surface area contributed by atoms with Gasteiger partial charge in [-0.05, 0) is 30.7 Å². The van der Waals surface area contributed by atoms with Crippen molar-refractivity contribution in [1.82, 2.24) is 10.2 Å². The molecule has 2 N–H and O–H groups in total. The van der Waals surface area contributed by atoms with Crippen molar-refractivity contribution in [2.45, 2.75) is 11.3 Å². The molecule has 0 saturated heterocycles. The Labute approximate surface area is 163 Å². The van der Waals surface area contributed by atoms with Crippen molar-refractivity contribution in [1.29, 1.82) is 0 Å². The summed E-state index contributed by atoms with van der Waals surface area (Å²) in [6.07, 6.45) is 0. The lowest BCUT2D eigenvalue weighted by molar-refractivity contribution is -0.384. The molecule has 0 spiro atoms. The van der Waals surface area contributed by atoms with Gasteiger partial charge in [0.15, 0.2) is 4.34 Å². The molecule has 0 bridgehead atoms. The van der Waals surface area contributed by atoms with Gasteiger partial charge in [0.1, 0.15) is 0 Å². The number of aryl methyl sites for hydroxylation is 1. The maximum absolute atomic E-state index is 12.0. The van der Waals surface area contributed by atoms with Crippen LogP contribution < -0.4 is 10.6 Å². The number of non-ortho nitro benzene ring substituents is 1. The number of carbonyl (C=O) groups is 1. The molecule has 0 saturated carbocycles. The van der Waals surface area contributed by atoms with E-state index in [4.69, 9.17) is 0 Å². The number of thioether (sulfide) groups is 1. The van der Waals surface area contributed by atoms with Crippen molar-refractivity contribution in [2.75, 3.05) is 16.4 Å². The zero-order chi connectivity index (χ0) is 19.2. The highest BCUT2D eigenvalue weighted by atomic mass is 32.2. The maximum atomic E-state index is 12.0. The molecule has 0 aliphatic carbocycles. The molecule has 10 heteroatoms. The molecule has 27 heavy (non-hydrogen) atoms. The number of anilines is 3. The predicted molar refractivity (Wildman–Crippen MR) is 107 cm³/mol. The fraction of sp³-hybridized carbons (Fsp3) is 0.118. The molecular formula is C17H15N5O3S2. The quantitative estimate of drug-likeness (QED) is 0.346. The van der Waals surface area contributed by atoms with Gasteiger partial charge in [-0.25, -0.2) is 0 Å². The van der Waals surface area contributed by atoms with Crippen LogP contribution in [-0.2, 0) is 4.79 Å². The van der Waals surface area contributed by atoms with E-state index in [-0.39, 0.29) is 17.3 Å². The molecule has 138 valence electrons. The number of rotatable bonds is 7. The second-order valence-electron chi connectivity index (χ2n) is 5.51. The molecule has 3 aromatic rings. The lowest BCUT2D eigenvalue weighted by atomic mass is 10.2. The third-order valence-electron chi connectivity index (χ3n) is 3.34. The van der Waals surface area contributed by atoms with Gasteiger partial charge in [-0.1, -0.05) is 41.3 Å². The van der Waals surface area contributed by atoms with E-state index in [1.165, 1.54) is 41.3 Å². The zero-order valence-corrected chi connectivity index (χ0v) is 15.8. The average Bonchev–Trinajstić information content (AvgIpc) is 3.07. The molecule has 0 radical (unpaired) electrons. The van der Waals surface area contributed by atoms with Gasteiger partial charge in [-0.2, -0.15) is 0 Å². The molecule has 1 heterocycles. The topological polar surface area (TPSA) is 110 Å². The van der Waals surface area contributed by atoms with Gasteiger partial charge < -0.3 is 10.6 Å². The van der Waals surface area contributed by atoms with E-state index in [0.29, 0.717) is 15.2 Å². The summed E-state index contributed by atoms with van der Waals surface area (Å²) < 4.78 is 0.652. The highest BCUT2D eigenvalue weighted by molar-refractivity contribution is 8.01. The fourth-order valence-electron chi connectivity index (χ4n) is 2.19.